The molecule has 0 saturated heterocycles. The number of rotatable bonds is 6. The molecule has 1 unspecified atom stereocenters. The second kappa shape index (κ2) is 7.22. The van der Waals surface area contributed by atoms with Gasteiger partial charge in [0, 0.05) is 13.6 Å². The zero-order valence-electron chi connectivity index (χ0n) is 10.7. The van der Waals surface area contributed by atoms with Gasteiger partial charge in [-0.2, -0.15) is 0 Å². The highest BCUT2D eigenvalue weighted by atomic mass is 16.5. The normalized spacial score (nSPS) is 12.4. The highest BCUT2D eigenvalue weighted by Crippen LogP contribution is 1.92. The first-order valence-corrected chi connectivity index (χ1v) is 5.56. The molecule has 1 N–H and O–H groups in total. The van der Waals surface area contributed by atoms with E-state index in [0.29, 0.717) is 6.54 Å². The Bertz CT molecular complexity index is 241. The molecule has 0 aromatic rings. The number of hydrogen-bond donors (Lipinski definition) is 1. The Hall–Kier alpha value is -1.10. The molecule has 0 spiro atoms. The first-order valence-electron chi connectivity index (χ1n) is 5.56. The summed E-state index contributed by atoms with van der Waals surface area (Å²) in [4.78, 5) is 24.4. The van der Waals surface area contributed by atoms with Crippen LogP contribution < -0.4 is 5.32 Å². The molecular weight excluding hydrogens is 208 g/mol. The van der Waals surface area contributed by atoms with Crippen molar-refractivity contribution in [2.24, 2.45) is 0 Å². The molecule has 0 radical (unpaired) electrons. The lowest BCUT2D eigenvalue weighted by Crippen LogP contribution is -2.45. The van der Waals surface area contributed by atoms with Gasteiger partial charge in [0.15, 0.2) is 0 Å². The second-order valence-corrected chi connectivity index (χ2v) is 3.99. The molecule has 94 valence electrons. The SMILES string of the molecule is CCN(C)C(=O)C(C)NCC(=O)OC(C)C. The molecule has 0 aliphatic rings. The molecule has 0 bridgehead atoms. The third-order valence-corrected chi connectivity index (χ3v) is 2.14. The monoisotopic (exact) mass is 230 g/mol. The Kier molecular flexibility index (Phi) is 6.72. The van der Waals surface area contributed by atoms with E-state index >= 15 is 0 Å². The van der Waals surface area contributed by atoms with Crippen LogP contribution in [0.5, 0.6) is 0 Å². The highest BCUT2D eigenvalue weighted by Gasteiger charge is 2.17. The molecular formula is C11H22N2O3. The Morgan fingerprint density at radius 3 is 2.31 bits per heavy atom. The summed E-state index contributed by atoms with van der Waals surface area (Å²) in [5.41, 5.74) is 0. The van der Waals surface area contributed by atoms with E-state index in [0.717, 1.165) is 0 Å². The fourth-order valence-corrected chi connectivity index (χ4v) is 1.11. The molecule has 0 aromatic carbocycles. The van der Waals surface area contributed by atoms with Crippen LogP contribution in [0.1, 0.15) is 27.7 Å². The fraction of sp³-hybridized carbons (Fsp3) is 0.818. The molecule has 0 aromatic heterocycles. The Morgan fingerprint density at radius 1 is 1.31 bits per heavy atom. The average Bonchev–Trinajstić information content (AvgIpc) is 2.22. The van der Waals surface area contributed by atoms with E-state index in [1.165, 1.54) is 0 Å². The quantitative estimate of drug-likeness (QED) is 0.671. The molecule has 0 saturated carbocycles. The van der Waals surface area contributed by atoms with Crippen LogP contribution in [0.25, 0.3) is 0 Å². The minimum atomic E-state index is -0.371. The molecule has 0 aliphatic heterocycles. The van der Waals surface area contributed by atoms with Gasteiger partial charge >= 0.3 is 5.97 Å². The van der Waals surface area contributed by atoms with Crippen molar-refractivity contribution >= 4 is 11.9 Å². The van der Waals surface area contributed by atoms with Crippen LogP contribution in [0.2, 0.25) is 0 Å². The zero-order valence-corrected chi connectivity index (χ0v) is 10.7. The minimum Gasteiger partial charge on any atom is -0.462 e. The van der Waals surface area contributed by atoms with Gasteiger partial charge in [0.2, 0.25) is 5.91 Å². The van der Waals surface area contributed by atoms with E-state index < -0.39 is 0 Å². The van der Waals surface area contributed by atoms with Crippen LogP contribution in [-0.2, 0) is 14.3 Å². The molecule has 0 heterocycles. The fourth-order valence-electron chi connectivity index (χ4n) is 1.11. The van der Waals surface area contributed by atoms with E-state index in [1.807, 2.05) is 6.92 Å². The standard InChI is InChI=1S/C11H22N2O3/c1-6-13(5)11(15)9(4)12-7-10(14)16-8(2)3/h8-9,12H,6-7H2,1-5H3. The summed E-state index contributed by atoms with van der Waals surface area (Å²) < 4.78 is 4.94. The molecule has 5 nitrogen and oxygen atoms in total. The lowest BCUT2D eigenvalue weighted by atomic mass is 10.3. The van der Waals surface area contributed by atoms with Crippen molar-refractivity contribution in [1.82, 2.24) is 10.2 Å². The predicted molar refractivity (Wildman–Crippen MR) is 62.0 cm³/mol. The molecule has 16 heavy (non-hydrogen) atoms. The van der Waals surface area contributed by atoms with Crippen molar-refractivity contribution in [3.63, 3.8) is 0 Å². The van der Waals surface area contributed by atoms with Crippen LogP contribution in [0.3, 0.4) is 0 Å². The number of likely N-dealkylation sites (N-methyl/N-ethyl adjacent to an activating group) is 1. The molecule has 0 aliphatic carbocycles. The van der Waals surface area contributed by atoms with Crippen LogP contribution in [0.15, 0.2) is 0 Å². The molecule has 1 amide bonds. The first-order chi connectivity index (χ1) is 7.38. The first kappa shape index (κ1) is 14.9. The maximum Gasteiger partial charge on any atom is 0.320 e. The third kappa shape index (κ3) is 5.70. The van der Waals surface area contributed by atoms with Gasteiger partial charge in [0.05, 0.1) is 18.7 Å². The number of carbonyl (C=O) groups excluding carboxylic acids is 2. The summed E-state index contributed by atoms with van der Waals surface area (Å²) in [7, 11) is 1.73. The lowest BCUT2D eigenvalue weighted by Gasteiger charge is -2.20. The minimum absolute atomic E-state index is 0.0279. The Morgan fingerprint density at radius 2 is 1.88 bits per heavy atom. The van der Waals surface area contributed by atoms with Gasteiger partial charge in [-0.05, 0) is 27.7 Å². The Balaban J connectivity index is 3.93. The number of hydrogen-bond acceptors (Lipinski definition) is 4. The smallest absolute Gasteiger partial charge is 0.320 e. The van der Waals surface area contributed by atoms with Crippen molar-refractivity contribution in [3.8, 4) is 0 Å². The van der Waals surface area contributed by atoms with Crippen molar-refractivity contribution in [2.75, 3.05) is 20.1 Å². The highest BCUT2D eigenvalue weighted by molar-refractivity contribution is 5.82. The zero-order chi connectivity index (χ0) is 12.7. The van der Waals surface area contributed by atoms with Crippen LogP contribution in [-0.4, -0.2) is 49.1 Å². The average molecular weight is 230 g/mol. The van der Waals surface area contributed by atoms with Gasteiger partial charge in [0.25, 0.3) is 0 Å². The van der Waals surface area contributed by atoms with Crippen LogP contribution in [0.4, 0.5) is 0 Å². The van der Waals surface area contributed by atoms with Gasteiger partial charge in [-0.1, -0.05) is 0 Å². The van der Waals surface area contributed by atoms with Crippen molar-refractivity contribution < 1.29 is 14.3 Å². The summed E-state index contributed by atoms with van der Waals surface area (Å²) in [6, 6.07) is -0.371. The molecule has 0 rings (SSSR count). The van der Waals surface area contributed by atoms with Gasteiger partial charge in [-0.25, -0.2) is 0 Å². The van der Waals surface area contributed by atoms with Crippen molar-refractivity contribution in [3.05, 3.63) is 0 Å². The molecule has 1 atom stereocenters. The molecule has 5 heteroatoms. The predicted octanol–water partition coefficient (Wildman–Crippen LogP) is 0.394. The second-order valence-electron chi connectivity index (χ2n) is 3.99. The maximum absolute atomic E-state index is 11.6. The van der Waals surface area contributed by atoms with Crippen LogP contribution >= 0.6 is 0 Å². The summed E-state index contributed by atoms with van der Waals surface area (Å²) in [5.74, 6) is -0.367. The number of nitrogens with one attached hydrogen (secondary N) is 1. The summed E-state index contributed by atoms with van der Waals surface area (Å²) in [6.45, 7) is 7.92. The number of ether oxygens (including phenoxy) is 1. The van der Waals surface area contributed by atoms with Gasteiger partial charge in [-0.3, -0.25) is 14.9 Å². The maximum atomic E-state index is 11.6. The lowest BCUT2D eigenvalue weighted by molar-refractivity contribution is -0.146. The van der Waals surface area contributed by atoms with E-state index in [4.69, 9.17) is 4.74 Å². The number of nitrogens with zero attached hydrogens (tertiary/aromatic N) is 1. The Labute approximate surface area is 97.1 Å². The van der Waals surface area contributed by atoms with Gasteiger partial charge in [0.1, 0.15) is 0 Å². The summed E-state index contributed by atoms with van der Waals surface area (Å²) in [5, 5.41) is 2.84. The number of esters is 1. The van der Waals surface area contributed by atoms with E-state index in [9.17, 15) is 9.59 Å². The molecule has 0 fully saturated rings. The van der Waals surface area contributed by atoms with E-state index in [2.05, 4.69) is 5.32 Å². The van der Waals surface area contributed by atoms with Crippen molar-refractivity contribution in [2.45, 2.75) is 39.8 Å². The van der Waals surface area contributed by atoms with Gasteiger partial charge in [-0.15, -0.1) is 0 Å². The topological polar surface area (TPSA) is 58.6 Å². The van der Waals surface area contributed by atoms with Gasteiger partial charge < -0.3 is 9.64 Å². The van der Waals surface area contributed by atoms with Crippen molar-refractivity contribution in [1.29, 1.82) is 0 Å². The largest absolute Gasteiger partial charge is 0.462 e. The van der Waals surface area contributed by atoms with Crippen LogP contribution in [0, 0.1) is 0 Å². The van der Waals surface area contributed by atoms with E-state index in [1.54, 1.807) is 32.7 Å². The summed E-state index contributed by atoms with van der Waals surface area (Å²) >= 11 is 0. The number of carbonyl (C=O) groups is 2. The number of amides is 1. The summed E-state index contributed by atoms with van der Waals surface area (Å²) in [6.07, 6.45) is -0.126. The van der Waals surface area contributed by atoms with E-state index in [-0.39, 0.29) is 30.6 Å². The third-order valence-electron chi connectivity index (χ3n) is 2.14.